The number of likely N-dealkylation sites (N-methyl/N-ethyl adjacent to an activating group) is 1. The zero-order valence-electron chi connectivity index (χ0n) is 13.0. The molecule has 1 fully saturated rings. The van der Waals surface area contributed by atoms with E-state index in [1.807, 2.05) is 25.8 Å². The van der Waals surface area contributed by atoms with Gasteiger partial charge < -0.3 is 19.9 Å². The van der Waals surface area contributed by atoms with Gasteiger partial charge >= 0.3 is 6.09 Å². The predicted octanol–water partition coefficient (Wildman–Crippen LogP) is 0.921. The predicted molar refractivity (Wildman–Crippen MR) is 77.5 cm³/mol. The van der Waals surface area contributed by atoms with Crippen LogP contribution < -0.4 is 5.32 Å². The molecule has 0 aromatic rings. The number of hydrogen-bond acceptors (Lipinski definition) is 4. The second-order valence-corrected chi connectivity index (χ2v) is 5.68. The van der Waals surface area contributed by atoms with Gasteiger partial charge in [0.05, 0.1) is 6.61 Å². The third-order valence-electron chi connectivity index (χ3n) is 3.39. The van der Waals surface area contributed by atoms with E-state index in [4.69, 9.17) is 4.74 Å². The van der Waals surface area contributed by atoms with Crippen molar-refractivity contribution in [1.29, 1.82) is 0 Å². The fourth-order valence-corrected chi connectivity index (χ4v) is 2.26. The second kappa shape index (κ2) is 8.09. The first kappa shape index (κ1) is 16.8. The molecule has 0 saturated carbocycles. The van der Waals surface area contributed by atoms with Gasteiger partial charge in [-0.05, 0) is 26.3 Å². The van der Waals surface area contributed by atoms with Gasteiger partial charge in [-0.2, -0.15) is 0 Å². The van der Waals surface area contributed by atoms with Crippen LogP contribution in [0.4, 0.5) is 4.79 Å². The Balaban J connectivity index is 2.61. The number of nitrogens with one attached hydrogen (secondary N) is 1. The minimum absolute atomic E-state index is 0.000136. The van der Waals surface area contributed by atoms with Gasteiger partial charge in [0.25, 0.3) is 0 Å². The molecule has 1 atom stereocenters. The van der Waals surface area contributed by atoms with Crippen LogP contribution in [0.3, 0.4) is 0 Å². The quantitative estimate of drug-likeness (QED) is 0.816. The van der Waals surface area contributed by atoms with Gasteiger partial charge in [-0.15, -0.1) is 0 Å². The number of amides is 2. The van der Waals surface area contributed by atoms with Crippen LogP contribution in [-0.2, 0) is 9.53 Å². The first-order chi connectivity index (χ1) is 9.43. The average molecular weight is 285 g/mol. The molecule has 0 radical (unpaired) electrons. The topological polar surface area (TPSA) is 61.9 Å². The lowest BCUT2D eigenvalue weighted by molar-refractivity contribution is -0.135. The highest BCUT2D eigenvalue weighted by molar-refractivity contribution is 5.85. The Labute approximate surface area is 121 Å². The van der Waals surface area contributed by atoms with Crippen LogP contribution in [0.25, 0.3) is 0 Å². The summed E-state index contributed by atoms with van der Waals surface area (Å²) in [6, 6.07) is -0.488. The van der Waals surface area contributed by atoms with Crippen molar-refractivity contribution in [3.8, 4) is 0 Å². The van der Waals surface area contributed by atoms with Crippen molar-refractivity contribution in [2.75, 3.05) is 39.8 Å². The molecule has 1 heterocycles. The Kier molecular flexibility index (Phi) is 6.78. The molecule has 20 heavy (non-hydrogen) atoms. The maximum absolute atomic E-state index is 12.5. The Morgan fingerprint density at radius 3 is 2.30 bits per heavy atom. The summed E-state index contributed by atoms with van der Waals surface area (Å²) < 4.78 is 4.88. The maximum atomic E-state index is 12.5. The van der Waals surface area contributed by atoms with Crippen LogP contribution in [0.1, 0.15) is 27.2 Å². The van der Waals surface area contributed by atoms with E-state index in [0.717, 1.165) is 13.1 Å². The van der Waals surface area contributed by atoms with E-state index < -0.39 is 12.1 Å². The second-order valence-electron chi connectivity index (χ2n) is 5.68. The van der Waals surface area contributed by atoms with Crippen LogP contribution >= 0.6 is 0 Å². The van der Waals surface area contributed by atoms with Crippen molar-refractivity contribution in [3.05, 3.63) is 0 Å². The monoisotopic (exact) mass is 285 g/mol. The van der Waals surface area contributed by atoms with Gasteiger partial charge in [-0.25, -0.2) is 4.79 Å². The zero-order valence-corrected chi connectivity index (χ0v) is 13.0. The van der Waals surface area contributed by atoms with Gasteiger partial charge in [0.1, 0.15) is 6.04 Å². The number of nitrogens with zero attached hydrogens (tertiary/aromatic N) is 2. The molecule has 116 valence electrons. The standard InChI is InChI=1S/C14H27N3O3/c1-5-20-14(19)15-12(10-11(2)3)13(18)17-8-6-16(4)7-9-17/h11-12H,5-10H2,1-4H3,(H,15,19)/t12-/m1/s1. The van der Waals surface area contributed by atoms with Gasteiger partial charge in [0, 0.05) is 26.2 Å². The lowest BCUT2D eigenvalue weighted by atomic mass is 10.0. The molecule has 6 nitrogen and oxygen atoms in total. The summed E-state index contributed by atoms with van der Waals surface area (Å²) in [7, 11) is 2.05. The van der Waals surface area contributed by atoms with Crippen LogP contribution in [0.2, 0.25) is 0 Å². The smallest absolute Gasteiger partial charge is 0.407 e. The number of hydrogen-bond donors (Lipinski definition) is 1. The van der Waals surface area contributed by atoms with Crippen LogP contribution in [-0.4, -0.2) is 67.7 Å². The molecule has 0 spiro atoms. The third kappa shape index (κ3) is 5.36. The summed E-state index contributed by atoms with van der Waals surface area (Å²) in [5.74, 6) is 0.332. The van der Waals surface area contributed by atoms with E-state index in [0.29, 0.717) is 32.0 Å². The lowest BCUT2D eigenvalue weighted by Gasteiger charge is -2.35. The number of rotatable bonds is 5. The zero-order chi connectivity index (χ0) is 15.1. The molecule has 1 N–H and O–H groups in total. The molecule has 0 aliphatic carbocycles. The van der Waals surface area contributed by atoms with E-state index in [9.17, 15) is 9.59 Å². The lowest BCUT2D eigenvalue weighted by Crippen LogP contribution is -2.54. The van der Waals surface area contributed by atoms with E-state index in [1.165, 1.54) is 0 Å². The van der Waals surface area contributed by atoms with E-state index in [-0.39, 0.29) is 5.91 Å². The molecular formula is C14H27N3O3. The number of ether oxygens (including phenoxy) is 1. The molecule has 1 rings (SSSR count). The first-order valence-corrected chi connectivity index (χ1v) is 7.34. The SMILES string of the molecule is CCOC(=O)N[C@H](CC(C)C)C(=O)N1CCN(C)CC1. The van der Waals surface area contributed by atoms with Crippen molar-refractivity contribution < 1.29 is 14.3 Å². The summed E-state index contributed by atoms with van der Waals surface area (Å²) in [6.45, 7) is 9.32. The molecule has 0 unspecified atom stereocenters. The third-order valence-corrected chi connectivity index (χ3v) is 3.39. The summed E-state index contributed by atoms with van der Waals surface area (Å²) in [4.78, 5) is 28.1. The highest BCUT2D eigenvalue weighted by atomic mass is 16.5. The molecule has 1 aliphatic rings. The maximum Gasteiger partial charge on any atom is 0.407 e. The fraction of sp³-hybridized carbons (Fsp3) is 0.857. The van der Waals surface area contributed by atoms with E-state index in [1.54, 1.807) is 6.92 Å². The fourth-order valence-electron chi connectivity index (χ4n) is 2.26. The molecule has 2 amide bonds. The molecule has 1 aliphatic heterocycles. The van der Waals surface area contributed by atoms with Crippen LogP contribution in [0.15, 0.2) is 0 Å². The van der Waals surface area contributed by atoms with E-state index in [2.05, 4.69) is 10.2 Å². The molecule has 0 aromatic heterocycles. The van der Waals surface area contributed by atoms with Gasteiger partial charge in [-0.3, -0.25) is 4.79 Å². The van der Waals surface area contributed by atoms with Gasteiger partial charge in [0.15, 0.2) is 0 Å². The summed E-state index contributed by atoms with van der Waals surface area (Å²) >= 11 is 0. The molecular weight excluding hydrogens is 258 g/mol. The Morgan fingerprint density at radius 2 is 1.80 bits per heavy atom. The van der Waals surface area contributed by atoms with E-state index >= 15 is 0 Å². The molecule has 0 bridgehead atoms. The van der Waals surface area contributed by atoms with Crippen molar-refractivity contribution in [2.45, 2.75) is 33.2 Å². The van der Waals surface area contributed by atoms with Crippen molar-refractivity contribution >= 4 is 12.0 Å². The molecule has 1 saturated heterocycles. The Bertz CT molecular complexity index is 326. The number of carbonyl (C=O) groups is 2. The molecule has 6 heteroatoms. The Hall–Kier alpha value is -1.30. The van der Waals surface area contributed by atoms with Crippen molar-refractivity contribution in [1.82, 2.24) is 15.1 Å². The summed E-state index contributed by atoms with van der Waals surface area (Å²) in [5.41, 5.74) is 0. The minimum Gasteiger partial charge on any atom is -0.450 e. The van der Waals surface area contributed by atoms with Crippen LogP contribution in [0, 0.1) is 5.92 Å². The number of piperazine rings is 1. The summed E-state index contributed by atoms with van der Waals surface area (Å²) in [5, 5.41) is 2.69. The highest BCUT2D eigenvalue weighted by Crippen LogP contribution is 2.10. The average Bonchev–Trinajstić information content (AvgIpc) is 2.38. The van der Waals surface area contributed by atoms with Gasteiger partial charge in [0.2, 0.25) is 5.91 Å². The normalized spacial score (nSPS) is 17.9. The largest absolute Gasteiger partial charge is 0.450 e. The molecule has 0 aromatic carbocycles. The highest BCUT2D eigenvalue weighted by Gasteiger charge is 2.28. The number of alkyl carbamates (subject to hydrolysis) is 1. The summed E-state index contributed by atoms with van der Waals surface area (Å²) in [6.07, 6.45) is 0.116. The first-order valence-electron chi connectivity index (χ1n) is 7.34. The minimum atomic E-state index is -0.513. The van der Waals surface area contributed by atoms with Crippen molar-refractivity contribution in [3.63, 3.8) is 0 Å². The number of carbonyl (C=O) groups excluding carboxylic acids is 2. The van der Waals surface area contributed by atoms with Gasteiger partial charge in [-0.1, -0.05) is 13.8 Å². The Morgan fingerprint density at radius 1 is 1.20 bits per heavy atom. The van der Waals surface area contributed by atoms with Crippen LogP contribution in [0.5, 0.6) is 0 Å². The van der Waals surface area contributed by atoms with Crippen molar-refractivity contribution in [2.24, 2.45) is 5.92 Å².